The van der Waals surface area contributed by atoms with Gasteiger partial charge in [-0.25, -0.2) is 0 Å². The van der Waals surface area contributed by atoms with Crippen LogP contribution in [-0.4, -0.2) is 45.4 Å². The number of methoxy groups -OCH3 is 2. The van der Waals surface area contributed by atoms with Gasteiger partial charge in [-0.1, -0.05) is 18.2 Å². The van der Waals surface area contributed by atoms with Gasteiger partial charge in [0.05, 0.1) is 18.8 Å². The minimum Gasteiger partial charge on any atom is -0.384 e. The Morgan fingerprint density at radius 3 is 2.90 bits per heavy atom. The van der Waals surface area contributed by atoms with Crippen LogP contribution < -0.4 is 10.6 Å². The van der Waals surface area contributed by atoms with Crippen LogP contribution >= 0.6 is 0 Å². The lowest BCUT2D eigenvalue weighted by molar-refractivity contribution is -0.118. The zero-order chi connectivity index (χ0) is 14.4. The van der Waals surface area contributed by atoms with E-state index < -0.39 is 0 Å². The van der Waals surface area contributed by atoms with E-state index in [1.165, 1.54) is 0 Å². The topological polar surface area (TPSA) is 59.6 Å². The SMILES string of the molecule is COCCc1ccccc1NC(=O)C1CC(OC)CN1. The van der Waals surface area contributed by atoms with Crippen LogP contribution in [0.1, 0.15) is 12.0 Å². The number of carbonyl (C=O) groups is 1. The predicted molar refractivity (Wildman–Crippen MR) is 77.9 cm³/mol. The summed E-state index contributed by atoms with van der Waals surface area (Å²) in [4.78, 5) is 12.2. The molecule has 2 rings (SSSR count). The van der Waals surface area contributed by atoms with Crippen LogP contribution in [0.5, 0.6) is 0 Å². The maximum atomic E-state index is 12.2. The minimum atomic E-state index is -0.185. The van der Waals surface area contributed by atoms with Crippen LogP contribution in [0.2, 0.25) is 0 Å². The molecular weight excluding hydrogens is 256 g/mol. The van der Waals surface area contributed by atoms with Crippen LogP contribution in [0.3, 0.4) is 0 Å². The number of amides is 1. The summed E-state index contributed by atoms with van der Waals surface area (Å²) < 4.78 is 10.4. The van der Waals surface area contributed by atoms with E-state index in [2.05, 4.69) is 10.6 Å². The van der Waals surface area contributed by atoms with Crippen LogP contribution in [0, 0.1) is 0 Å². The van der Waals surface area contributed by atoms with Gasteiger partial charge in [-0.2, -0.15) is 0 Å². The van der Waals surface area contributed by atoms with Gasteiger partial charge in [-0.05, 0) is 24.5 Å². The number of hydrogen-bond acceptors (Lipinski definition) is 4. The molecule has 1 aliphatic rings. The molecule has 1 aliphatic heterocycles. The Morgan fingerprint density at radius 2 is 2.20 bits per heavy atom. The fourth-order valence-corrected chi connectivity index (χ4v) is 2.37. The number of anilines is 1. The van der Waals surface area contributed by atoms with E-state index in [1.807, 2.05) is 24.3 Å². The summed E-state index contributed by atoms with van der Waals surface area (Å²) in [6.07, 6.45) is 1.61. The van der Waals surface area contributed by atoms with E-state index in [-0.39, 0.29) is 18.1 Å². The first-order chi connectivity index (χ1) is 9.74. The third kappa shape index (κ3) is 3.79. The Balaban J connectivity index is 1.97. The summed E-state index contributed by atoms with van der Waals surface area (Å²) in [6.45, 7) is 1.36. The summed E-state index contributed by atoms with van der Waals surface area (Å²) >= 11 is 0. The Morgan fingerprint density at radius 1 is 1.40 bits per heavy atom. The average molecular weight is 278 g/mol. The van der Waals surface area contributed by atoms with Gasteiger partial charge < -0.3 is 20.1 Å². The number of hydrogen-bond donors (Lipinski definition) is 2. The number of benzene rings is 1. The Kier molecular flexibility index (Phi) is 5.52. The van der Waals surface area contributed by atoms with Crippen LogP contribution in [0.25, 0.3) is 0 Å². The van der Waals surface area contributed by atoms with Crippen molar-refractivity contribution in [1.29, 1.82) is 0 Å². The lowest BCUT2D eigenvalue weighted by Crippen LogP contribution is -2.35. The fraction of sp³-hybridized carbons (Fsp3) is 0.533. The van der Waals surface area contributed by atoms with Gasteiger partial charge in [0.15, 0.2) is 0 Å². The molecule has 1 amide bonds. The molecular formula is C15H22N2O3. The van der Waals surface area contributed by atoms with E-state index in [1.54, 1.807) is 14.2 Å². The lowest BCUT2D eigenvalue weighted by Gasteiger charge is -2.14. The first kappa shape index (κ1) is 15.0. The Hall–Kier alpha value is -1.43. The molecule has 0 aliphatic carbocycles. The second-order valence-corrected chi connectivity index (χ2v) is 4.94. The molecule has 0 aromatic heterocycles. The first-order valence-electron chi connectivity index (χ1n) is 6.88. The van der Waals surface area contributed by atoms with Gasteiger partial charge in [0.2, 0.25) is 5.91 Å². The number of ether oxygens (including phenoxy) is 2. The van der Waals surface area contributed by atoms with E-state index >= 15 is 0 Å². The van der Waals surface area contributed by atoms with Crippen molar-refractivity contribution in [1.82, 2.24) is 5.32 Å². The molecule has 1 fully saturated rings. The molecule has 1 aromatic carbocycles. The highest BCUT2D eigenvalue weighted by molar-refractivity contribution is 5.95. The highest BCUT2D eigenvalue weighted by atomic mass is 16.5. The summed E-state index contributed by atoms with van der Waals surface area (Å²) in [5.41, 5.74) is 1.95. The van der Waals surface area contributed by atoms with E-state index in [0.29, 0.717) is 13.0 Å². The number of carbonyl (C=O) groups excluding carboxylic acids is 1. The molecule has 110 valence electrons. The molecule has 5 nitrogen and oxygen atoms in total. The zero-order valence-corrected chi connectivity index (χ0v) is 12.0. The number of rotatable bonds is 6. The van der Waals surface area contributed by atoms with Crippen molar-refractivity contribution in [2.75, 3.05) is 32.7 Å². The van der Waals surface area contributed by atoms with Crippen molar-refractivity contribution in [2.24, 2.45) is 0 Å². The molecule has 1 saturated heterocycles. The maximum absolute atomic E-state index is 12.2. The molecule has 0 bridgehead atoms. The van der Waals surface area contributed by atoms with Gasteiger partial charge in [-0.3, -0.25) is 4.79 Å². The largest absolute Gasteiger partial charge is 0.384 e. The first-order valence-corrected chi connectivity index (χ1v) is 6.88. The highest BCUT2D eigenvalue weighted by Gasteiger charge is 2.29. The molecule has 0 saturated carbocycles. The third-order valence-corrected chi connectivity index (χ3v) is 3.59. The Labute approximate surface area is 119 Å². The highest BCUT2D eigenvalue weighted by Crippen LogP contribution is 2.18. The van der Waals surface area contributed by atoms with Crippen LogP contribution in [0.4, 0.5) is 5.69 Å². The number of nitrogens with one attached hydrogen (secondary N) is 2. The zero-order valence-electron chi connectivity index (χ0n) is 12.0. The van der Waals surface area contributed by atoms with E-state index in [9.17, 15) is 4.79 Å². The van der Waals surface area contributed by atoms with Gasteiger partial charge in [0.25, 0.3) is 0 Å². The monoisotopic (exact) mass is 278 g/mol. The molecule has 2 atom stereocenters. The van der Waals surface area contributed by atoms with Gasteiger partial charge in [-0.15, -0.1) is 0 Å². The van der Waals surface area contributed by atoms with Crippen molar-refractivity contribution in [3.8, 4) is 0 Å². The summed E-state index contributed by atoms with van der Waals surface area (Å²) in [5.74, 6) is -0.00517. The van der Waals surface area contributed by atoms with Crippen molar-refractivity contribution >= 4 is 11.6 Å². The van der Waals surface area contributed by atoms with Crippen molar-refractivity contribution in [2.45, 2.75) is 25.0 Å². The van der Waals surface area contributed by atoms with Crippen molar-refractivity contribution in [3.63, 3.8) is 0 Å². The predicted octanol–water partition coefficient (Wildman–Crippen LogP) is 1.19. The molecule has 0 spiro atoms. The number of para-hydroxylation sites is 1. The van der Waals surface area contributed by atoms with Gasteiger partial charge >= 0.3 is 0 Å². The molecule has 5 heteroatoms. The molecule has 0 radical (unpaired) electrons. The van der Waals surface area contributed by atoms with E-state index in [0.717, 1.165) is 24.2 Å². The second kappa shape index (κ2) is 7.38. The summed E-state index contributed by atoms with van der Waals surface area (Å²) in [5, 5.41) is 6.17. The summed E-state index contributed by atoms with van der Waals surface area (Å²) in [6, 6.07) is 7.64. The van der Waals surface area contributed by atoms with Crippen molar-refractivity contribution < 1.29 is 14.3 Å². The molecule has 2 unspecified atom stereocenters. The third-order valence-electron chi connectivity index (χ3n) is 3.59. The molecule has 20 heavy (non-hydrogen) atoms. The normalized spacial score (nSPS) is 21.9. The lowest BCUT2D eigenvalue weighted by atomic mass is 10.1. The summed E-state index contributed by atoms with van der Waals surface area (Å²) in [7, 11) is 3.35. The quantitative estimate of drug-likeness (QED) is 0.820. The molecule has 1 aromatic rings. The van der Waals surface area contributed by atoms with E-state index in [4.69, 9.17) is 9.47 Å². The average Bonchev–Trinajstić information content (AvgIpc) is 2.95. The fourth-order valence-electron chi connectivity index (χ4n) is 2.37. The second-order valence-electron chi connectivity index (χ2n) is 4.94. The van der Waals surface area contributed by atoms with Crippen LogP contribution in [-0.2, 0) is 20.7 Å². The smallest absolute Gasteiger partial charge is 0.241 e. The Bertz CT molecular complexity index is 450. The maximum Gasteiger partial charge on any atom is 0.241 e. The molecule has 2 N–H and O–H groups in total. The van der Waals surface area contributed by atoms with Crippen LogP contribution in [0.15, 0.2) is 24.3 Å². The van der Waals surface area contributed by atoms with Gasteiger partial charge in [0.1, 0.15) is 0 Å². The molecule has 1 heterocycles. The van der Waals surface area contributed by atoms with Gasteiger partial charge in [0, 0.05) is 26.5 Å². The standard InChI is InChI=1S/C15H22N2O3/c1-19-8-7-11-5-3-4-6-13(11)17-15(18)14-9-12(20-2)10-16-14/h3-6,12,14,16H,7-10H2,1-2H3,(H,17,18). The minimum absolute atomic E-state index is 0.00517. The van der Waals surface area contributed by atoms with Crippen molar-refractivity contribution in [3.05, 3.63) is 29.8 Å².